The molecule has 3 aromatic heterocycles. The molecule has 1 spiro atoms. The molecular weight excluding hydrogens is 462 g/mol. The van der Waals surface area contributed by atoms with Crippen LogP contribution in [-0.2, 0) is 12.8 Å². The maximum atomic E-state index is 14.5. The normalized spacial score (nSPS) is 20.7. The molecule has 1 atom stereocenters. The second-order valence-electron chi connectivity index (χ2n) is 10.1. The number of aromatic amines is 1. The van der Waals surface area contributed by atoms with E-state index in [0.717, 1.165) is 60.8 Å². The Bertz CT molecular complexity index is 1480. The van der Waals surface area contributed by atoms with Gasteiger partial charge in [0.05, 0.1) is 17.6 Å². The maximum Gasteiger partial charge on any atom is 0.183 e. The molecule has 7 rings (SSSR count). The van der Waals surface area contributed by atoms with Crippen LogP contribution in [0.5, 0.6) is 0 Å². The number of pyridine rings is 1. The van der Waals surface area contributed by atoms with Crippen molar-refractivity contribution in [2.75, 3.05) is 29.4 Å². The molecule has 1 aromatic carbocycles. The van der Waals surface area contributed by atoms with Gasteiger partial charge in [0.2, 0.25) is 0 Å². The van der Waals surface area contributed by atoms with Crippen LogP contribution in [0.4, 0.5) is 26.1 Å². The number of halogens is 2. The minimum Gasteiger partial charge on any atom is -0.355 e. The molecule has 1 saturated heterocycles. The first kappa shape index (κ1) is 21.6. The number of aromatic nitrogens is 5. The minimum atomic E-state index is -0.504. The third kappa shape index (κ3) is 3.13. The summed E-state index contributed by atoms with van der Waals surface area (Å²) >= 11 is 0. The number of piperidine rings is 1. The molecule has 36 heavy (non-hydrogen) atoms. The number of benzene rings is 1. The van der Waals surface area contributed by atoms with Gasteiger partial charge in [-0.2, -0.15) is 5.10 Å². The predicted octanol–water partition coefficient (Wildman–Crippen LogP) is 3.95. The summed E-state index contributed by atoms with van der Waals surface area (Å²) in [4.78, 5) is 18.4. The Balaban J connectivity index is 1.13. The van der Waals surface area contributed by atoms with E-state index < -0.39 is 11.9 Å². The molecule has 1 fully saturated rings. The fraction of sp³-hybridized carbons (Fsp3) is 0.385. The number of nitrogens with zero attached hydrogens (tertiary/aromatic N) is 6. The van der Waals surface area contributed by atoms with Gasteiger partial charge in [-0.1, -0.05) is 0 Å². The van der Waals surface area contributed by atoms with Crippen LogP contribution in [0, 0.1) is 17.0 Å². The largest absolute Gasteiger partial charge is 0.355 e. The SMILES string of the molecule is N[C@@H]1c2c(F)ccc(F)c2CC12CCN(c1cnc3c(N4CCCc5ncccc54)n[nH]c3n1)CC2. The van der Waals surface area contributed by atoms with Gasteiger partial charge in [-0.15, -0.1) is 0 Å². The monoisotopic (exact) mass is 488 g/mol. The van der Waals surface area contributed by atoms with Crippen LogP contribution < -0.4 is 15.5 Å². The van der Waals surface area contributed by atoms with E-state index in [-0.39, 0.29) is 11.2 Å². The van der Waals surface area contributed by atoms with Crippen LogP contribution in [0.25, 0.3) is 11.2 Å². The highest BCUT2D eigenvalue weighted by Crippen LogP contribution is 2.52. The molecule has 184 valence electrons. The van der Waals surface area contributed by atoms with Crippen molar-refractivity contribution in [1.82, 2.24) is 25.1 Å². The summed E-state index contributed by atoms with van der Waals surface area (Å²) in [5.41, 5.74) is 10.5. The lowest BCUT2D eigenvalue weighted by Crippen LogP contribution is -2.44. The Kier molecular flexibility index (Phi) is 4.76. The van der Waals surface area contributed by atoms with Crippen molar-refractivity contribution in [2.24, 2.45) is 11.1 Å². The van der Waals surface area contributed by atoms with E-state index in [2.05, 4.69) is 31.0 Å². The summed E-state index contributed by atoms with van der Waals surface area (Å²) in [6, 6.07) is 5.89. The Morgan fingerprint density at radius 3 is 2.72 bits per heavy atom. The molecule has 0 amide bonds. The number of anilines is 3. The number of nitrogens with one attached hydrogen (secondary N) is 1. The molecule has 4 aromatic rings. The number of nitrogens with two attached hydrogens (primary N) is 1. The van der Waals surface area contributed by atoms with E-state index in [4.69, 9.17) is 15.7 Å². The summed E-state index contributed by atoms with van der Waals surface area (Å²) in [6.45, 7) is 2.23. The first-order valence-corrected chi connectivity index (χ1v) is 12.4. The van der Waals surface area contributed by atoms with Crippen LogP contribution in [0.15, 0.2) is 36.7 Å². The lowest BCUT2D eigenvalue weighted by atomic mass is 9.73. The molecule has 0 radical (unpaired) electrons. The van der Waals surface area contributed by atoms with Crippen molar-refractivity contribution in [3.8, 4) is 0 Å². The van der Waals surface area contributed by atoms with Crippen LogP contribution in [0.3, 0.4) is 0 Å². The molecule has 0 unspecified atom stereocenters. The van der Waals surface area contributed by atoms with Crippen LogP contribution in [0.2, 0.25) is 0 Å². The molecule has 0 bridgehead atoms. The molecule has 8 nitrogen and oxygen atoms in total. The van der Waals surface area contributed by atoms with Crippen molar-refractivity contribution in [2.45, 2.75) is 38.1 Å². The van der Waals surface area contributed by atoms with Gasteiger partial charge in [-0.3, -0.25) is 10.1 Å². The summed E-state index contributed by atoms with van der Waals surface area (Å²) in [5.74, 6) is 0.750. The fourth-order valence-corrected chi connectivity index (χ4v) is 6.30. The third-order valence-corrected chi connectivity index (χ3v) is 8.28. The minimum absolute atomic E-state index is 0.337. The van der Waals surface area contributed by atoms with Gasteiger partial charge in [0, 0.05) is 37.4 Å². The third-order valence-electron chi connectivity index (χ3n) is 8.28. The number of hydrogen-bond donors (Lipinski definition) is 2. The number of rotatable bonds is 2. The molecule has 10 heteroatoms. The van der Waals surface area contributed by atoms with E-state index in [1.54, 1.807) is 6.20 Å². The number of aryl methyl sites for hydroxylation is 1. The van der Waals surface area contributed by atoms with Gasteiger partial charge >= 0.3 is 0 Å². The number of H-pyrrole nitrogens is 1. The quantitative estimate of drug-likeness (QED) is 0.441. The Morgan fingerprint density at radius 2 is 1.89 bits per heavy atom. The second-order valence-corrected chi connectivity index (χ2v) is 10.1. The average Bonchev–Trinajstić information content (AvgIpc) is 3.46. The van der Waals surface area contributed by atoms with Gasteiger partial charge in [0.1, 0.15) is 17.5 Å². The van der Waals surface area contributed by atoms with Crippen molar-refractivity contribution >= 4 is 28.5 Å². The average molecular weight is 489 g/mol. The van der Waals surface area contributed by atoms with Gasteiger partial charge < -0.3 is 15.5 Å². The molecular formula is C26H26F2N8. The van der Waals surface area contributed by atoms with Crippen LogP contribution >= 0.6 is 0 Å². The lowest BCUT2D eigenvalue weighted by molar-refractivity contribution is 0.185. The Labute approximate surface area is 206 Å². The van der Waals surface area contributed by atoms with E-state index in [0.29, 0.717) is 36.3 Å². The standard InChI is InChI=1S/C26H26F2N8/c27-16-5-6-17(28)21-15(16)13-26(23(21)29)7-11-35(12-8-26)20-14-31-22-24(32-20)33-34-25(22)36-10-2-3-18-19(36)4-1-9-30-18/h1,4-6,9,14,23H,2-3,7-8,10-13,29H2,(H,32,33,34)/t23-/m1/s1. The van der Waals surface area contributed by atoms with Crippen LogP contribution in [-0.4, -0.2) is 44.8 Å². The maximum absolute atomic E-state index is 14.5. The van der Waals surface area contributed by atoms with Gasteiger partial charge in [0.25, 0.3) is 0 Å². The first-order chi connectivity index (χ1) is 17.5. The topological polar surface area (TPSA) is 99.9 Å². The highest BCUT2D eigenvalue weighted by molar-refractivity contribution is 5.87. The lowest BCUT2D eigenvalue weighted by Gasteiger charge is -2.42. The molecule has 5 heterocycles. The molecule has 3 N–H and O–H groups in total. The Hall–Kier alpha value is -3.66. The zero-order valence-electron chi connectivity index (χ0n) is 19.7. The molecule has 0 saturated carbocycles. The van der Waals surface area contributed by atoms with E-state index in [1.807, 2.05) is 12.3 Å². The molecule has 2 aliphatic heterocycles. The van der Waals surface area contributed by atoms with E-state index >= 15 is 0 Å². The summed E-state index contributed by atoms with van der Waals surface area (Å²) in [5, 5.41) is 7.61. The van der Waals surface area contributed by atoms with E-state index in [9.17, 15) is 8.78 Å². The molecule has 3 aliphatic rings. The van der Waals surface area contributed by atoms with Crippen molar-refractivity contribution in [3.63, 3.8) is 0 Å². The van der Waals surface area contributed by atoms with Crippen LogP contribution in [0.1, 0.15) is 42.1 Å². The smallest absolute Gasteiger partial charge is 0.183 e. The molecule has 1 aliphatic carbocycles. The second kappa shape index (κ2) is 7.92. The predicted molar refractivity (Wildman–Crippen MR) is 132 cm³/mol. The zero-order valence-corrected chi connectivity index (χ0v) is 19.7. The Morgan fingerprint density at radius 1 is 1.06 bits per heavy atom. The zero-order chi connectivity index (χ0) is 24.4. The van der Waals surface area contributed by atoms with Crippen molar-refractivity contribution < 1.29 is 8.78 Å². The first-order valence-electron chi connectivity index (χ1n) is 12.4. The summed E-state index contributed by atoms with van der Waals surface area (Å²) < 4.78 is 28.9. The van der Waals surface area contributed by atoms with Crippen molar-refractivity contribution in [1.29, 1.82) is 0 Å². The highest BCUT2D eigenvalue weighted by Gasteiger charge is 2.48. The van der Waals surface area contributed by atoms with Crippen molar-refractivity contribution in [3.05, 3.63) is 65.1 Å². The fourth-order valence-electron chi connectivity index (χ4n) is 6.30. The van der Waals surface area contributed by atoms with E-state index in [1.165, 1.54) is 12.1 Å². The summed E-state index contributed by atoms with van der Waals surface area (Å²) in [7, 11) is 0. The number of fused-ring (bicyclic) bond motifs is 3. The van der Waals surface area contributed by atoms with Gasteiger partial charge in [-0.25, -0.2) is 18.7 Å². The number of hydrogen-bond acceptors (Lipinski definition) is 7. The summed E-state index contributed by atoms with van der Waals surface area (Å²) in [6.07, 6.45) is 7.50. The van der Waals surface area contributed by atoms with Gasteiger partial charge in [0.15, 0.2) is 17.0 Å². The van der Waals surface area contributed by atoms with Gasteiger partial charge in [-0.05, 0) is 67.3 Å². The highest BCUT2D eigenvalue weighted by atomic mass is 19.1.